The SMILES string of the molecule is O=C(NC1CCCCC1)[C@H](c1cc2c(cc1[N+](=O)[O-])OCO2)N1CCC2(CC1)OCCO2. The second kappa shape index (κ2) is 8.84. The van der Waals surface area contributed by atoms with E-state index in [0.29, 0.717) is 56.2 Å². The van der Waals surface area contributed by atoms with Gasteiger partial charge in [0.2, 0.25) is 12.7 Å². The van der Waals surface area contributed by atoms with Gasteiger partial charge in [-0.15, -0.1) is 0 Å². The molecule has 174 valence electrons. The molecule has 1 amide bonds. The van der Waals surface area contributed by atoms with Crippen LogP contribution in [0, 0.1) is 10.1 Å². The van der Waals surface area contributed by atoms with Crippen LogP contribution in [0.2, 0.25) is 0 Å². The molecule has 1 spiro atoms. The Kier molecular flexibility index (Phi) is 5.92. The van der Waals surface area contributed by atoms with Crippen molar-refractivity contribution in [3.63, 3.8) is 0 Å². The number of benzene rings is 1. The zero-order valence-corrected chi connectivity index (χ0v) is 18.0. The summed E-state index contributed by atoms with van der Waals surface area (Å²) in [5.41, 5.74) is 0.198. The van der Waals surface area contributed by atoms with Gasteiger partial charge in [-0.25, -0.2) is 0 Å². The number of nitrogens with zero attached hydrogens (tertiary/aromatic N) is 2. The van der Waals surface area contributed by atoms with Crippen LogP contribution in [0.1, 0.15) is 56.6 Å². The molecule has 1 aromatic rings. The van der Waals surface area contributed by atoms with Crippen LogP contribution in [-0.2, 0) is 14.3 Å². The molecular formula is C22H29N3O7. The number of hydrogen-bond acceptors (Lipinski definition) is 8. The second-order valence-corrected chi connectivity index (χ2v) is 8.91. The highest BCUT2D eigenvalue weighted by Gasteiger charge is 2.44. The number of rotatable bonds is 5. The first-order valence-electron chi connectivity index (χ1n) is 11.4. The van der Waals surface area contributed by atoms with Crippen LogP contribution in [0.25, 0.3) is 0 Å². The third-order valence-electron chi connectivity index (χ3n) is 6.95. The molecule has 1 N–H and O–H groups in total. The van der Waals surface area contributed by atoms with Crippen molar-refractivity contribution in [3.8, 4) is 11.5 Å². The highest BCUT2D eigenvalue weighted by atomic mass is 16.7. The molecule has 0 radical (unpaired) electrons. The topological polar surface area (TPSA) is 112 Å². The standard InChI is InChI=1S/C22H29N3O7/c26-21(23-15-4-2-1-3-5-15)20(24-8-6-22(7-9-24)31-10-11-32-22)16-12-18-19(30-14-29-18)13-17(16)25(27)28/h12-13,15,20H,1-11,14H2,(H,23,26)/t20-/m0/s1. The van der Waals surface area contributed by atoms with Gasteiger partial charge in [0.05, 0.1) is 29.8 Å². The molecule has 10 nitrogen and oxygen atoms in total. The molecule has 5 rings (SSSR count). The molecule has 1 aliphatic carbocycles. The van der Waals surface area contributed by atoms with Crippen molar-refractivity contribution in [2.75, 3.05) is 33.1 Å². The smallest absolute Gasteiger partial charge is 0.278 e. The Morgan fingerprint density at radius 2 is 1.75 bits per heavy atom. The minimum Gasteiger partial charge on any atom is -0.454 e. The van der Waals surface area contributed by atoms with E-state index in [4.69, 9.17) is 18.9 Å². The molecule has 2 saturated heterocycles. The number of nitro groups is 1. The fraction of sp³-hybridized carbons (Fsp3) is 0.682. The number of likely N-dealkylation sites (tertiary alicyclic amines) is 1. The number of nitro benzene ring substituents is 1. The lowest BCUT2D eigenvalue weighted by Gasteiger charge is -2.41. The van der Waals surface area contributed by atoms with Crippen molar-refractivity contribution < 1.29 is 28.7 Å². The highest BCUT2D eigenvalue weighted by Crippen LogP contribution is 2.43. The normalized spacial score (nSPS) is 23.9. The first-order valence-corrected chi connectivity index (χ1v) is 11.4. The van der Waals surface area contributed by atoms with Crippen molar-refractivity contribution in [3.05, 3.63) is 27.8 Å². The highest BCUT2D eigenvalue weighted by molar-refractivity contribution is 5.85. The molecule has 1 aromatic carbocycles. The molecule has 0 bridgehead atoms. The van der Waals surface area contributed by atoms with Crippen LogP contribution < -0.4 is 14.8 Å². The van der Waals surface area contributed by atoms with E-state index >= 15 is 0 Å². The molecule has 3 aliphatic heterocycles. The van der Waals surface area contributed by atoms with Gasteiger partial charge in [-0.1, -0.05) is 19.3 Å². The van der Waals surface area contributed by atoms with Crippen molar-refractivity contribution in [1.82, 2.24) is 10.2 Å². The number of fused-ring (bicyclic) bond motifs is 1. The van der Waals surface area contributed by atoms with Crippen molar-refractivity contribution >= 4 is 11.6 Å². The average Bonchev–Trinajstić information content (AvgIpc) is 3.45. The molecule has 4 aliphatic rings. The van der Waals surface area contributed by atoms with E-state index in [9.17, 15) is 14.9 Å². The van der Waals surface area contributed by atoms with Crippen molar-refractivity contribution in [1.29, 1.82) is 0 Å². The number of carbonyl (C=O) groups excluding carboxylic acids is 1. The zero-order chi connectivity index (χ0) is 22.1. The number of nitrogens with one attached hydrogen (secondary N) is 1. The van der Waals surface area contributed by atoms with Gasteiger partial charge in [-0.05, 0) is 18.9 Å². The Morgan fingerprint density at radius 1 is 1.09 bits per heavy atom. The zero-order valence-electron chi connectivity index (χ0n) is 18.0. The van der Waals surface area contributed by atoms with E-state index in [1.807, 2.05) is 4.90 Å². The monoisotopic (exact) mass is 447 g/mol. The van der Waals surface area contributed by atoms with E-state index in [1.165, 1.54) is 12.5 Å². The van der Waals surface area contributed by atoms with Gasteiger partial charge in [-0.2, -0.15) is 0 Å². The van der Waals surface area contributed by atoms with Crippen LogP contribution in [0.3, 0.4) is 0 Å². The predicted octanol–water partition coefficient (Wildman–Crippen LogP) is 2.65. The number of carbonyl (C=O) groups is 1. The largest absolute Gasteiger partial charge is 0.454 e. The maximum Gasteiger partial charge on any atom is 0.278 e. The lowest BCUT2D eigenvalue weighted by atomic mass is 9.93. The number of piperidine rings is 1. The Balaban J connectivity index is 1.46. The predicted molar refractivity (Wildman–Crippen MR) is 112 cm³/mol. The van der Waals surface area contributed by atoms with Crippen molar-refractivity contribution in [2.24, 2.45) is 0 Å². The maximum absolute atomic E-state index is 13.6. The van der Waals surface area contributed by atoms with Crippen LogP contribution in [0.4, 0.5) is 5.69 Å². The quantitative estimate of drug-likeness (QED) is 0.542. The summed E-state index contributed by atoms with van der Waals surface area (Å²) in [6.45, 7) is 2.22. The third-order valence-corrected chi connectivity index (χ3v) is 6.95. The summed E-state index contributed by atoms with van der Waals surface area (Å²) in [7, 11) is 0. The third kappa shape index (κ3) is 4.14. The Bertz CT molecular complexity index is 871. The van der Waals surface area contributed by atoms with E-state index in [1.54, 1.807) is 6.07 Å². The fourth-order valence-corrected chi connectivity index (χ4v) is 5.26. The fourth-order valence-electron chi connectivity index (χ4n) is 5.26. The maximum atomic E-state index is 13.6. The first kappa shape index (κ1) is 21.4. The van der Waals surface area contributed by atoms with Gasteiger partial charge in [0.25, 0.3) is 5.69 Å². The molecule has 3 heterocycles. The Hall–Kier alpha value is -2.43. The van der Waals surface area contributed by atoms with E-state index in [-0.39, 0.29) is 24.4 Å². The first-order chi connectivity index (χ1) is 15.5. The molecule has 10 heteroatoms. The lowest BCUT2D eigenvalue weighted by Crippen LogP contribution is -2.51. The van der Waals surface area contributed by atoms with Gasteiger partial charge in [-0.3, -0.25) is 19.8 Å². The minimum atomic E-state index is -0.800. The van der Waals surface area contributed by atoms with Crippen LogP contribution in [0.5, 0.6) is 11.5 Å². The summed E-state index contributed by atoms with van der Waals surface area (Å²) < 4.78 is 22.5. The summed E-state index contributed by atoms with van der Waals surface area (Å²) in [5, 5.41) is 15.1. The minimum absolute atomic E-state index is 0.00971. The Morgan fingerprint density at radius 3 is 2.41 bits per heavy atom. The lowest BCUT2D eigenvalue weighted by molar-refractivity contribution is -0.386. The van der Waals surface area contributed by atoms with Crippen LogP contribution in [0.15, 0.2) is 12.1 Å². The summed E-state index contributed by atoms with van der Waals surface area (Å²) in [6, 6.07) is 2.26. The van der Waals surface area contributed by atoms with E-state index < -0.39 is 16.8 Å². The Labute approximate surface area is 186 Å². The van der Waals surface area contributed by atoms with Gasteiger partial charge in [0, 0.05) is 32.0 Å². The van der Waals surface area contributed by atoms with E-state index in [2.05, 4.69) is 5.32 Å². The number of ether oxygens (including phenoxy) is 4. The summed E-state index contributed by atoms with van der Waals surface area (Å²) in [4.78, 5) is 27.1. The van der Waals surface area contributed by atoms with Gasteiger partial charge in [0.1, 0.15) is 6.04 Å². The molecular weight excluding hydrogens is 418 g/mol. The van der Waals surface area contributed by atoms with Crippen LogP contribution >= 0.6 is 0 Å². The summed E-state index contributed by atoms with van der Waals surface area (Å²) >= 11 is 0. The average molecular weight is 447 g/mol. The van der Waals surface area contributed by atoms with Crippen molar-refractivity contribution in [2.45, 2.75) is 62.8 Å². The second-order valence-electron chi connectivity index (χ2n) is 8.91. The van der Waals surface area contributed by atoms with E-state index in [0.717, 1.165) is 25.7 Å². The summed E-state index contributed by atoms with van der Waals surface area (Å²) in [5.74, 6) is -0.0424. The molecule has 0 unspecified atom stereocenters. The van der Waals surface area contributed by atoms with Crippen LogP contribution in [-0.4, -0.2) is 60.7 Å². The van der Waals surface area contributed by atoms with Gasteiger partial charge in [0.15, 0.2) is 17.3 Å². The summed E-state index contributed by atoms with van der Waals surface area (Å²) in [6.07, 6.45) is 6.44. The molecule has 32 heavy (non-hydrogen) atoms. The number of hydrogen-bond donors (Lipinski definition) is 1. The number of amides is 1. The van der Waals surface area contributed by atoms with Gasteiger partial charge >= 0.3 is 0 Å². The molecule has 0 aromatic heterocycles. The molecule has 1 saturated carbocycles. The van der Waals surface area contributed by atoms with Gasteiger partial charge < -0.3 is 24.3 Å². The molecule has 3 fully saturated rings. The molecule has 1 atom stereocenters.